The quantitative estimate of drug-likeness (QED) is 0.511. The Balaban J connectivity index is 1.95. The molecule has 29 heavy (non-hydrogen) atoms. The Morgan fingerprint density at radius 1 is 1.21 bits per heavy atom. The molecule has 0 aliphatic carbocycles. The summed E-state index contributed by atoms with van der Waals surface area (Å²) < 4.78 is 58.4. The summed E-state index contributed by atoms with van der Waals surface area (Å²) in [7, 11) is 0. The van der Waals surface area contributed by atoms with Crippen molar-refractivity contribution in [1.29, 1.82) is 0 Å². The highest BCUT2D eigenvalue weighted by Gasteiger charge is 2.32. The molecule has 1 N–H and O–H groups in total. The van der Waals surface area contributed by atoms with Crippen LogP contribution in [0.15, 0.2) is 42.7 Å². The monoisotopic (exact) mass is 409 g/mol. The van der Waals surface area contributed by atoms with E-state index in [4.69, 9.17) is 4.74 Å². The summed E-state index contributed by atoms with van der Waals surface area (Å²) in [6.45, 7) is 1.60. The topological polar surface area (TPSA) is 73.2 Å². The van der Waals surface area contributed by atoms with Gasteiger partial charge in [0.15, 0.2) is 0 Å². The summed E-state index contributed by atoms with van der Waals surface area (Å²) in [6.07, 6.45) is -2.43. The molecular formula is C19H15F4N3O3. The third kappa shape index (κ3) is 4.53. The van der Waals surface area contributed by atoms with Crippen LogP contribution in [0, 0.1) is 5.82 Å². The van der Waals surface area contributed by atoms with Gasteiger partial charge in [0.05, 0.1) is 12.2 Å². The van der Waals surface area contributed by atoms with Crippen LogP contribution in [-0.4, -0.2) is 28.0 Å². The zero-order valence-electron chi connectivity index (χ0n) is 15.1. The maximum Gasteiger partial charge on any atom is 0.433 e. The Morgan fingerprint density at radius 3 is 2.66 bits per heavy atom. The number of pyridine rings is 1. The average molecular weight is 409 g/mol. The number of carbonyl (C=O) groups is 2. The summed E-state index contributed by atoms with van der Waals surface area (Å²) in [6, 6.07) is 5.57. The molecule has 0 aliphatic heterocycles. The van der Waals surface area contributed by atoms with Crippen LogP contribution in [0.5, 0.6) is 0 Å². The standard InChI is InChI=1S/C19H15F4N3O3/c1-2-29-17(27)10-26-9-14(13-7-11(20)3-4-15(13)26)18(28)25-12-5-6-24-16(8-12)19(21,22)23/h3-9H,2,10H2,1H3,(H,24,25,28). The highest BCUT2D eigenvalue weighted by molar-refractivity contribution is 6.13. The van der Waals surface area contributed by atoms with Crippen molar-refractivity contribution in [2.24, 2.45) is 0 Å². The fourth-order valence-corrected chi connectivity index (χ4v) is 2.79. The number of nitrogens with zero attached hydrogens (tertiary/aromatic N) is 2. The summed E-state index contributed by atoms with van der Waals surface area (Å²) in [5.74, 6) is -1.92. The van der Waals surface area contributed by atoms with Crippen LogP contribution in [0.1, 0.15) is 23.0 Å². The van der Waals surface area contributed by atoms with Gasteiger partial charge in [-0.15, -0.1) is 0 Å². The van der Waals surface area contributed by atoms with Crippen LogP contribution in [-0.2, 0) is 22.3 Å². The van der Waals surface area contributed by atoms with Gasteiger partial charge in [-0.1, -0.05) is 0 Å². The molecule has 2 aromatic heterocycles. The molecule has 3 aromatic rings. The molecule has 0 radical (unpaired) electrons. The molecule has 0 spiro atoms. The van der Waals surface area contributed by atoms with E-state index in [1.54, 1.807) is 6.92 Å². The first-order valence-corrected chi connectivity index (χ1v) is 8.47. The second kappa shape index (κ2) is 7.90. The van der Waals surface area contributed by atoms with Crippen molar-refractivity contribution in [2.45, 2.75) is 19.6 Å². The predicted octanol–water partition coefficient (Wildman–Crippen LogP) is 4.01. The lowest BCUT2D eigenvalue weighted by atomic mass is 10.1. The Hall–Kier alpha value is -3.43. The Morgan fingerprint density at radius 2 is 1.97 bits per heavy atom. The molecule has 10 heteroatoms. The summed E-state index contributed by atoms with van der Waals surface area (Å²) in [5.41, 5.74) is -0.893. The number of rotatable bonds is 5. The first-order valence-electron chi connectivity index (χ1n) is 8.47. The third-order valence-corrected chi connectivity index (χ3v) is 4.00. The number of nitrogens with one attached hydrogen (secondary N) is 1. The van der Waals surface area contributed by atoms with Crippen molar-refractivity contribution in [3.63, 3.8) is 0 Å². The molecule has 1 aromatic carbocycles. The van der Waals surface area contributed by atoms with Gasteiger partial charge >= 0.3 is 12.1 Å². The number of alkyl halides is 3. The van der Waals surface area contributed by atoms with E-state index in [0.29, 0.717) is 11.6 Å². The maximum absolute atomic E-state index is 13.7. The smallest absolute Gasteiger partial charge is 0.433 e. The zero-order valence-corrected chi connectivity index (χ0v) is 15.1. The number of anilines is 1. The van der Waals surface area contributed by atoms with Gasteiger partial charge in [-0.2, -0.15) is 13.2 Å². The van der Waals surface area contributed by atoms with E-state index < -0.39 is 29.6 Å². The van der Waals surface area contributed by atoms with Crippen LogP contribution < -0.4 is 5.32 Å². The van der Waals surface area contributed by atoms with Crippen molar-refractivity contribution in [3.8, 4) is 0 Å². The number of benzene rings is 1. The molecule has 0 unspecified atom stereocenters. The number of hydrogen-bond donors (Lipinski definition) is 1. The van der Waals surface area contributed by atoms with Crippen molar-refractivity contribution in [3.05, 3.63) is 59.8 Å². The number of amides is 1. The van der Waals surface area contributed by atoms with Crippen molar-refractivity contribution in [2.75, 3.05) is 11.9 Å². The van der Waals surface area contributed by atoms with Crippen LogP contribution in [0.2, 0.25) is 0 Å². The minimum atomic E-state index is -4.67. The molecule has 0 saturated heterocycles. The minimum absolute atomic E-state index is 0.00540. The second-order valence-electron chi connectivity index (χ2n) is 6.02. The minimum Gasteiger partial charge on any atom is -0.465 e. The van der Waals surface area contributed by atoms with Gasteiger partial charge in [-0.25, -0.2) is 4.39 Å². The predicted molar refractivity (Wildman–Crippen MR) is 95.7 cm³/mol. The molecule has 0 fully saturated rings. The summed E-state index contributed by atoms with van der Waals surface area (Å²) >= 11 is 0. The van der Waals surface area contributed by atoms with Crippen molar-refractivity contribution in [1.82, 2.24) is 9.55 Å². The van der Waals surface area contributed by atoms with Crippen LogP contribution >= 0.6 is 0 Å². The van der Waals surface area contributed by atoms with E-state index in [1.807, 2.05) is 0 Å². The average Bonchev–Trinajstić information content (AvgIpc) is 2.99. The fraction of sp³-hybridized carbons (Fsp3) is 0.211. The number of halogens is 4. The molecule has 0 atom stereocenters. The lowest BCUT2D eigenvalue weighted by Crippen LogP contribution is -2.14. The van der Waals surface area contributed by atoms with E-state index in [9.17, 15) is 27.2 Å². The van der Waals surface area contributed by atoms with Crippen LogP contribution in [0.3, 0.4) is 0 Å². The highest BCUT2D eigenvalue weighted by atomic mass is 19.4. The molecule has 0 aliphatic rings. The molecular weight excluding hydrogens is 394 g/mol. The summed E-state index contributed by atoms with van der Waals surface area (Å²) in [5, 5.41) is 2.55. The zero-order chi connectivity index (χ0) is 21.2. The largest absolute Gasteiger partial charge is 0.465 e. The fourth-order valence-electron chi connectivity index (χ4n) is 2.79. The van der Waals surface area contributed by atoms with Crippen LogP contribution in [0.4, 0.5) is 23.2 Å². The second-order valence-corrected chi connectivity index (χ2v) is 6.02. The van der Waals surface area contributed by atoms with E-state index >= 15 is 0 Å². The molecule has 0 saturated carbocycles. The normalized spacial score (nSPS) is 11.5. The lowest BCUT2D eigenvalue weighted by Gasteiger charge is -2.08. The molecule has 6 nitrogen and oxygen atoms in total. The molecule has 1 amide bonds. The SMILES string of the molecule is CCOC(=O)Cn1cc(C(=O)Nc2ccnc(C(F)(F)F)c2)c2cc(F)ccc21. The van der Waals surface area contributed by atoms with Gasteiger partial charge in [0, 0.05) is 29.0 Å². The molecule has 152 valence electrons. The van der Waals surface area contributed by atoms with Gasteiger partial charge in [-0.05, 0) is 37.3 Å². The lowest BCUT2D eigenvalue weighted by molar-refractivity contribution is -0.143. The van der Waals surface area contributed by atoms with Crippen molar-refractivity contribution < 1.29 is 31.9 Å². The first kappa shape index (κ1) is 20.3. The van der Waals surface area contributed by atoms with E-state index in [1.165, 1.54) is 29.0 Å². The van der Waals surface area contributed by atoms with Gasteiger partial charge in [-0.3, -0.25) is 14.6 Å². The van der Waals surface area contributed by atoms with Crippen molar-refractivity contribution >= 4 is 28.5 Å². The van der Waals surface area contributed by atoms with E-state index in [-0.39, 0.29) is 29.8 Å². The Bertz CT molecular complexity index is 1080. The molecule has 3 rings (SSSR count). The number of ether oxygens (including phenoxy) is 1. The first-order chi connectivity index (χ1) is 13.7. The molecule has 2 heterocycles. The number of carbonyl (C=O) groups excluding carboxylic acids is 2. The van der Waals surface area contributed by atoms with E-state index in [0.717, 1.165) is 12.3 Å². The number of aromatic nitrogens is 2. The number of hydrogen-bond acceptors (Lipinski definition) is 4. The Kier molecular flexibility index (Phi) is 5.53. The maximum atomic E-state index is 13.7. The van der Waals surface area contributed by atoms with Gasteiger partial charge in [0.2, 0.25) is 0 Å². The van der Waals surface area contributed by atoms with Crippen LogP contribution in [0.25, 0.3) is 10.9 Å². The third-order valence-electron chi connectivity index (χ3n) is 4.00. The van der Waals surface area contributed by atoms with E-state index in [2.05, 4.69) is 10.3 Å². The number of fused-ring (bicyclic) bond motifs is 1. The number of esters is 1. The summed E-state index contributed by atoms with van der Waals surface area (Å²) in [4.78, 5) is 27.7. The van der Waals surface area contributed by atoms with Gasteiger partial charge < -0.3 is 14.6 Å². The van der Waals surface area contributed by atoms with Gasteiger partial charge in [0.25, 0.3) is 5.91 Å². The van der Waals surface area contributed by atoms with Gasteiger partial charge in [0.1, 0.15) is 18.1 Å². The highest BCUT2D eigenvalue weighted by Crippen LogP contribution is 2.29. The molecule has 0 bridgehead atoms. The Labute approximate surface area is 162 Å².